The van der Waals surface area contributed by atoms with E-state index in [9.17, 15) is 0 Å². The van der Waals surface area contributed by atoms with Gasteiger partial charge in [-0.2, -0.15) is 0 Å². The lowest BCUT2D eigenvalue weighted by Gasteiger charge is -1.99. The molecule has 1 N–H and O–H groups in total. The second-order valence-corrected chi connectivity index (χ2v) is 5.20. The molecule has 0 radical (unpaired) electrons. The van der Waals surface area contributed by atoms with E-state index in [0.29, 0.717) is 0 Å². The van der Waals surface area contributed by atoms with Gasteiger partial charge in [0.2, 0.25) is 0 Å². The van der Waals surface area contributed by atoms with Crippen molar-refractivity contribution < 1.29 is 0 Å². The van der Waals surface area contributed by atoms with Crippen LogP contribution in [0.5, 0.6) is 0 Å². The highest BCUT2D eigenvalue weighted by Gasteiger charge is 2.08. The minimum absolute atomic E-state index is 0.941. The predicted molar refractivity (Wildman–Crippen MR) is 74.7 cm³/mol. The average molecular weight is 262 g/mol. The maximum Gasteiger partial charge on any atom is 0.149 e. The minimum Gasteiger partial charge on any atom is -0.316 e. The van der Waals surface area contributed by atoms with Crippen LogP contribution in [0.4, 0.5) is 0 Å². The molecule has 96 valence electrons. The van der Waals surface area contributed by atoms with Crippen molar-refractivity contribution in [1.29, 1.82) is 0 Å². The average Bonchev–Trinajstić information content (AvgIpc) is 2.84. The molecule has 0 amide bonds. The molecule has 2 aromatic rings. The lowest BCUT2D eigenvalue weighted by molar-refractivity contribution is 0.668. The Balaban J connectivity index is 2.00. The monoisotopic (exact) mass is 262 g/mol. The molecule has 0 unspecified atom stereocenters. The largest absolute Gasteiger partial charge is 0.316 e. The smallest absolute Gasteiger partial charge is 0.149 e. The van der Waals surface area contributed by atoms with Gasteiger partial charge in [-0.3, -0.25) is 4.98 Å². The van der Waals surface area contributed by atoms with Crippen molar-refractivity contribution in [3.8, 4) is 10.6 Å². The van der Waals surface area contributed by atoms with E-state index in [0.717, 1.165) is 47.2 Å². The van der Waals surface area contributed by atoms with Crippen LogP contribution in [-0.4, -0.2) is 28.3 Å². The molecular weight excluding hydrogens is 244 g/mol. The first-order chi connectivity index (χ1) is 8.81. The van der Waals surface area contributed by atoms with E-state index in [1.165, 1.54) is 0 Å². The number of hydrogen-bond acceptors (Lipinski definition) is 5. The molecule has 0 fully saturated rings. The molecular formula is C13H18N4S. The normalized spacial score (nSPS) is 10.8. The molecule has 2 heterocycles. The third kappa shape index (κ3) is 3.34. The summed E-state index contributed by atoms with van der Waals surface area (Å²) in [6.07, 6.45) is 3.91. The van der Waals surface area contributed by atoms with Gasteiger partial charge in [-0.25, -0.2) is 0 Å². The van der Waals surface area contributed by atoms with Crippen LogP contribution in [0.2, 0.25) is 0 Å². The number of nitrogens with one attached hydrogen (secondary N) is 1. The highest BCUT2D eigenvalue weighted by molar-refractivity contribution is 7.14. The second-order valence-electron chi connectivity index (χ2n) is 4.14. The topological polar surface area (TPSA) is 50.7 Å². The van der Waals surface area contributed by atoms with Crippen LogP contribution in [-0.2, 0) is 6.42 Å². The van der Waals surface area contributed by atoms with Gasteiger partial charge in [-0.15, -0.1) is 10.2 Å². The predicted octanol–water partition coefficient (Wildman–Crippen LogP) is 2.45. The van der Waals surface area contributed by atoms with Gasteiger partial charge in [0.1, 0.15) is 10.0 Å². The molecule has 0 saturated heterocycles. The number of aromatic nitrogens is 3. The fraction of sp³-hybridized carbons (Fsp3) is 0.462. The third-order valence-electron chi connectivity index (χ3n) is 2.65. The van der Waals surface area contributed by atoms with Crippen molar-refractivity contribution >= 4 is 11.3 Å². The first kappa shape index (κ1) is 13.1. The molecule has 0 aliphatic carbocycles. The van der Waals surface area contributed by atoms with E-state index in [1.807, 2.05) is 19.1 Å². The van der Waals surface area contributed by atoms with E-state index in [4.69, 9.17) is 0 Å². The fourth-order valence-electron chi connectivity index (χ4n) is 1.67. The van der Waals surface area contributed by atoms with Gasteiger partial charge in [-0.05, 0) is 32.0 Å². The minimum atomic E-state index is 0.941. The first-order valence-corrected chi connectivity index (χ1v) is 7.08. The number of pyridine rings is 1. The molecule has 0 aliphatic heterocycles. The van der Waals surface area contributed by atoms with E-state index in [1.54, 1.807) is 17.5 Å². The Kier molecular flexibility index (Phi) is 4.78. The molecule has 0 saturated carbocycles. The van der Waals surface area contributed by atoms with Crippen molar-refractivity contribution in [3.05, 3.63) is 29.0 Å². The lowest BCUT2D eigenvalue weighted by Crippen LogP contribution is -2.17. The molecule has 0 spiro atoms. The SMILES string of the molecule is CCCNCCc1nnc(-c2cccnc2C)s1. The molecule has 4 nitrogen and oxygen atoms in total. The van der Waals surface area contributed by atoms with Gasteiger partial charge in [0, 0.05) is 30.4 Å². The molecule has 2 rings (SSSR count). The highest BCUT2D eigenvalue weighted by Crippen LogP contribution is 2.25. The summed E-state index contributed by atoms with van der Waals surface area (Å²) in [6, 6.07) is 3.98. The summed E-state index contributed by atoms with van der Waals surface area (Å²) in [7, 11) is 0. The van der Waals surface area contributed by atoms with Crippen molar-refractivity contribution in [2.24, 2.45) is 0 Å². The summed E-state index contributed by atoms with van der Waals surface area (Å²) in [6.45, 7) is 6.20. The summed E-state index contributed by atoms with van der Waals surface area (Å²) < 4.78 is 0. The number of rotatable bonds is 6. The Bertz CT molecular complexity index is 495. The van der Waals surface area contributed by atoms with E-state index in [-0.39, 0.29) is 0 Å². The number of aryl methyl sites for hydroxylation is 1. The van der Waals surface area contributed by atoms with Crippen LogP contribution in [0.1, 0.15) is 24.0 Å². The summed E-state index contributed by atoms with van der Waals surface area (Å²) in [4.78, 5) is 4.28. The molecule has 18 heavy (non-hydrogen) atoms. The van der Waals surface area contributed by atoms with E-state index >= 15 is 0 Å². The molecule has 0 aliphatic rings. The Morgan fingerprint density at radius 1 is 1.28 bits per heavy atom. The van der Waals surface area contributed by atoms with Crippen molar-refractivity contribution in [1.82, 2.24) is 20.5 Å². The number of nitrogens with zero attached hydrogens (tertiary/aromatic N) is 3. The third-order valence-corrected chi connectivity index (χ3v) is 3.66. The second kappa shape index (κ2) is 6.56. The highest BCUT2D eigenvalue weighted by atomic mass is 32.1. The van der Waals surface area contributed by atoms with E-state index < -0.39 is 0 Å². The van der Waals surface area contributed by atoms with Crippen LogP contribution < -0.4 is 5.32 Å². The van der Waals surface area contributed by atoms with Gasteiger partial charge in [0.15, 0.2) is 0 Å². The van der Waals surface area contributed by atoms with Crippen molar-refractivity contribution in [2.45, 2.75) is 26.7 Å². The molecule has 5 heteroatoms. The Morgan fingerprint density at radius 3 is 2.94 bits per heavy atom. The molecule has 2 aromatic heterocycles. The maximum atomic E-state index is 4.28. The zero-order valence-corrected chi connectivity index (χ0v) is 11.6. The molecule has 0 aromatic carbocycles. The molecule has 0 bridgehead atoms. The van der Waals surface area contributed by atoms with Crippen molar-refractivity contribution in [2.75, 3.05) is 13.1 Å². The van der Waals surface area contributed by atoms with Crippen LogP contribution in [0, 0.1) is 6.92 Å². The lowest BCUT2D eigenvalue weighted by atomic mass is 10.2. The van der Waals surface area contributed by atoms with Gasteiger partial charge in [-0.1, -0.05) is 18.3 Å². The van der Waals surface area contributed by atoms with Crippen LogP contribution in [0.25, 0.3) is 10.6 Å². The standard InChI is InChI=1S/C13H18N4S/c1-3-7-14-9-6-12-16-17-13(18-12)11-5-4-8-15-10(11)2/h4-5,8,14H,3,6-7,9H2,1-2H3. The molecule has 0 atom stereocenters. The zero-order chi connectivity index (χ0) is 12.8. The van der Waals surface area contributed by atoms with Crippen molar-refractivity contribution in [3.63, 3.8) is 0 Å². The summed E-state index contributed by atoms with van der Waals surface area (Å²) in [5, 5.41) is 13.9. The van der Waals surface area contributed by atoms with Crippen LogP contribution >= 0.6 is 11.3 Å². The Labute approximate surface area is 111 Å². The van der Waals surface area contributed by atoms with Gasteiger partial charge in [0.05, 0.1) is 0 Å². The zero-order valence-electron chi connectivity index (χ0n) is 10.8. The maximum absolute atomic E-state index is 4.28. The summed E-state index contributed by atoms with van der Waals surface area (Å²) in [5.74, 6) is 0. The van der Waals surface area contributed by atoms with Gasteiger partial charge < -0.3 is 5.32 Å². The van der Waals surface area contributed by atoms with E-state index in [2.05, 4.69) is 27.4 Å². The summed E-state index contributed by atoms with van der Waals surface area (Å²) in [5.41, 5.74) is 2.09. The summed E-state index contributed by atoms with van der Waals surface area (Å²) >= 11 is 1.66. The Hall–Kier alpha value is -1.33. The quantitative estimate of drug-likeness (QED) is 0.812. The fourth-order valence-corrected chi connectivity index (χ4v) is 2.59. The first-order valence-electron chi connectivity index (χ1n) is 6.26. The number of hydrogen-bond donors (Lipinski definition) is 1. The van der Waals surface area contributed by atoms with Crippen LogP contribution in [0.15, 0.2) is 18.3 Å². The van der Waals surface area contributed by atoms with Crippen LogP contribution in [0.3, 0.4) is 0 Å². The Morgan fingerprint density at radius 2 is 2.17 bits per heavy atom. The van der Waals surface area contributed by atoms with Gasteiger partial charge >= 0.3 is 0 Å². The van der Waals surface area contributed by atoms with Gasteiger partial charge in [0.25, 0.3) is 0 Å².